The minimum atomic E-state index is -0.255. The highest BCUT2D eigenvalue weighted by atomic mass is 35.5. The van der Waals surface area contributed by atoms with Gasteiger partial charge in [-0.25, -0.2) is 4.98 Å². The molecule has 0 unspecified atom stereocenters. The maximum atomic E-state index is 11.8. The molecule has 2 aromatic rings. The second-order valence-corrected chi connectivity index (χ2v) is 6.11. The molecular weight excluding hydrogens is 315 g/mol. The van der Waals surface area contributed by atoms with Gasteiger partial charge in [-0.3, -0.25) is 10.1 Å². The van der Waals surface area contributed by atoms with Gasteiger partial charge in [0.15, 0.2) is 5.13 Å². The molecule has 6 heteroatoms. The Balaban J connectivity index is 2.07. The molecule has 1 heterocycles. The number of halogens is 2. The van der Waals surface area contributed by atoms with Crippen LogP contribution in [0, 0.1) is 13.8 Å². The molecule has 1 N–H and O–H groups in total. The standard InChI is InChI=1S/C14H12Cl2N2OS/c1-8-9(2)20-14(17-8)18-12(19)7-6-10-4-3-5-11(15)13(10)16/h3-7H,1-2H3,(H,17,18,19)/b7-6+. The highest BCUT2D eigenvalue weighted by Gasteiger charge is 2.06. The molecule has 2 rings (SSSR count). The Bertz CT molecular complexity index is 660. The molecule has 0 fully saturated rings. The van der Waals surface area contributed by atoms with Crippen LogP contribution in [-0.2, 0) is 4.79 Å². The Labute approximate surface area is 131 Å². The molecule has 0 spiro atoms. The molecule has 0 saturated heterocycles. The van der Waals surface area contributed by atoms with Crippen LogP contribution in [0.1, 0.15) is 16.1 Å². The van der Waals surface area contributed by atoms with Crippen molar-refractivity contribution in [1.29, 1.82) is 0 Å². The quantitative estimate of drug-likeness (QED) is 0.829. The first-order valence-electron chi connectivity index (χ1n) is 5.84. The summed E-state index contributed by atoms with van der Waals surface area (Å²) in [6, 6.07) is 5.26. The van der Waals surface area contributed by atoms with E-state index in [0.717, 1.165) is 10.6 Å². The highest BCUT2D eigenvalue weighted by molar-refractivity contribution is 7.15. The molecule has 0 atom stereocenters. The van der Waals surface area contributed by atoms with Gasteiger partial charge in [0.2, 0.25) is 5.91 Å². The van der Waals surface area contributed by atoms with Gasteiger partial charge in [0.25, 0.3) is 0 Å². The second kappa shape index (κ2) is 6.39. The molecule has 1 amide bonds. The van der Waals surface area contributed by atoms with Gasteiger partial charge in [0.1, 0.15) is 0 Å². The van der Waals surface area contributed by atoms with Crippen molar-refractivity contribution in [1.82, 2.24) is 4.98 Å². The summed E-state index contributed by atoms with van der Waals surface area (Å²) in [5.41, 5.74) is 1.62. The largest absolute Gasteiger partial charge is 0.298 e. The third-order valence-electron chi connectivity index (χ3n) is 2.65. The summed E-state index contributed by atoms with van der Waals surface area (Å²) in [6.45, 7) is 3.87. The Hall–Kier alpha value is -1.36. The number of aromatic nitrogens is 1. The number of carbonyl (C=O) groups excluding carboxylic acids is 1. The topological polar surface area (TPSA) is 42.0 Å². The van der Waals surface area contributed by atoms with Crippen LogP contribution >= 0.6 is 34.5 Å². The molecule has 3 nitrogen and oxygen atoms in total. The van der Waals surface area contributed by atoms with Gasteiger partial charge in [0, 0.05) is 11.0 Å². The molecule has 104 valence electrons. The third kappa shape index (κ3) is 3.60. The maximum Gasteiger partial charge on any atom is 0.250 e. The number of benzene rings is 1. The first kappa shape index (κ1) is 15.0. The number of amides is 1. The molecule has 0 aliphatic heterocycles. The lowest BCUT2D eigenvalue weighted by molar-refractivity contribution is -0.111. The first-order chi connectivity index (χ1) is 9.47. The van der Waals surface area contributed by atoms with Crippen LogP contribution in [-0.4, -0.2) is 10.9 Å². The molecular formula is C14H12Cl2N2OS. The van der Waals surface area contributed by atoms with Crippen LogP contribution < -0.4 is 5.32 Å². The van der Waals surface area contributed by atoms with E-state index in [1.54, 1.807) is 24.3 Å². The Kier molecular flexibility index (Phi) is 4.81. The summed E-state index contributed by atoms with van der Waals surface area (Å²) in [4.78, 5) is 17.1. The molecule has 0 aliphatic rings. The van der Waals surface area contributed by atoms with E-state index in [4.69, 9.17) is 23.2 Å². The number of carbonyl (C=O) groups is 1. The van der Waals surface area contributed by atoms with Crippen molar-refractivity contribution in [3.05, 3.63) is 50.5 Å². The van der Waals surface area contributed by atoms with Gasteiger partial charge in [-0.2, -0.15) is 0 Å². The highest BCUT2D eigenvalue weighted by Crippen LogP contribution is 2.26. The smallest absolute Gasteiger partial charge is 0.250 e. The predicted molar refractivity (Wildman–Crippen MR) is 85.7 cm³/mol. The lowest BCUT2D eigenvalue weighted by Crippen LogP contribution is -2.07. The van der Waals surface area contributed by atoms with Crippen LogP contribution in [0.4, 0.5) is 5.13 Å². The molecule has 1 aromatic heterocycles. The van der Waals surface area contributed by atoms with Crippen molar-refractivity contribution in [3.63, 3.8) is 0 Å². The minimum Gasteiger partial charge on any atom is -0.298 e. The Morgan fingerprint density at radius 1 is 1.35 bits per heavy atom. The third-order valence-corrected chi connectivity index (χ3v) is 4.48. The SMILES string of the molecule is Cc1nc(NC(=O)/C=C/c2cccc(Cl)c2Cl)sc1C. The summed E-state index contributed by atoms with van der Waals surface area (Å²) in [5.74, 6) is -0.255. The molecule has 20 heavy (non-hydrogen) atoms. The number of anilines is 1. The predicted octanol–water partition coefficient (Wildman–Crippen LogP) is 4.72. The van der Waals surface area contributed by atoms with E-state index in [-0.39, 0.29) is 5.91 Å². The van der Waals surface area contributed by atoms with Gasteiger partial charge < -0.3 is 0 Å². The average molecular weight is 327 g/mol. The van der Waals surface area contributed by atoms with Crippen molar-refractivity contribution in [2.45, 2.75) is 13.8 Å². The van der Waals surface area contributed by atoms with Crippen LogP contribution in [0.2, 0.25) is 10.0 Å². The summed E-state index contributed by atoms with van der Waals surface area (Å²) in [6.07, 6.45) is 3.03. The molecule has 0 saturated carbocycles. The first-order valence-corrected chi connectivity index (χ1v) is 7.41. The van der Waals surface area contributed by atoms with E-state index in [9.17, 15) is 4.79 Å². The second-order valence-electron chi connectivity index (χ2n) is 4.13. The zero-order valence-electron chi connectivity index (χ0n) is 10.9. The fourth-order valence-corrected chi connectivity index (χ4v) is 2.68. The number of rotatable bonds is 3. The van der Waals surface area contributed by atoms with E-state index >= 15 is 0 Å². The van der Waals surface area contributed by atoms with Crippen molar-refractivity contribution >= 4 is 51.7 Å². The summed E-state index contributed by atoms with van der Waals surface area (Å²) in [5, 5.41) is 4.19. The van der Waals surface area contributed by atoms with Crippen LogP contribution in [0.5, 0.6) is 0 Å². The van der Waals surface area contributed by atoms with Crippen LogP contribution in [0.15, 0.2) is 24.3 Å². The fourth-order valence-electron chi connectivity index (χ4n) is 1.49. The van der Waals surface area contributed by atoms with Gasteiger partial charge in [-0.05, 0) is 31.6 Å². The number of nitrogens with zero attached hydrogens (tertiary/aromatic N) is 1. The van der Waals surface area contributed by atoms with E-state index in [1.807, 2.05) is 13.8 Å². The van der Waals surface area contributed by atoms with E-state index < -0.39 is 0 Å². The summed E-state index contributed by atoms with van der Waals surface area (Å²) < 4.78 is 0. The lowest BCUT2D eigenvalue weighted by Gasteiger charge is -2.00. The maximum absolute atomic E-state index is 11.8. The van der Waals surface area contributed by atoms with Crippen molar-refractivity contribution in [3.8, 4) is 0 Å². The monoisotopic (exact) mass is 326 g/mol. The molecule has 0 bridgehead atoms. The van der Waals surface area contributed by atoms with Crippen LogP contribution in [0.3, 0.4) is 0 Å². The fraction of sp³-hybridized carbons (Fsp3) is 0.143. The lowest BCUT2D eigenvalue weighted by atomic mass is 10.2. The summed E-state index contributed by atoms with van der Waals surface area (Å²) in [7, 11) is 0. The Morgan fingerprint density at radius 3 is 2.75 bits per heavy atom. The van der Waals surface area contributed by atoms with Crippen molar-refractivity contribution in [2.24, 2.45) is 0 Å². The van der Waals surface area contributed by atoms with Crippen molar-refractivity contribution < 1.29 is 4.79 Å². The van der Waals surface area contributed by atoms with Gasteiger partial charge in [-0.15, -0.1) is 11.3 Å². The molecule has 0 aliphatic carbocycles. The number of hydrogen-bond acceptors (Lipinski definition) is 3. The zero-order valence-corrected chi connectivity index (χ0v) is 13.2. The Morgan fingerprint density at radius 2 is 2.10 bits per heavy atom. The average Bonchev–Trinajstić information content (AvgIpc) is 2.70. The number of nitrogens with one attached hydrogen (secondary N) is 1. The van der Waals surface area contributed by atoms with Gasteiger partial charge in [0.05, 0.1) is 15.7 Å². The van der Waals surface area contributed by atoms with Gasteiger partial charge in [-0.1, -0.05) is 35.3 Å². The minimum absolute atomic E-state index is 0.255. The zero-order chi connectivity index (χ0) is 14.7. The normalized spacial score (nSPS) is 11.0. The molecule has 1 aromatic carbocycles. The van der Waals surface area contributed by atoms with E-state index in [2.05, 4.69) is 10.3 Å². The number of hydrogen-bond donors (Lipinski definition) is 1. The summed E-state index contributed by atoms with van der Waals surface area (Å²) >= 11 is 13.4. The van der Waals surface area contributed by atoms with Gasteiger partial charge >= 0.3 is 0 Å². The van der Waals surface area contributed by atoms with E-state index in [1.165, 1.54) is 17.4 Å². The van der Waals surface area contributed by atoms with E-state index in [0.29, 0.717) is 20.7 Å². The van der Waals surface area contributed by atoms with Crippen LogP contribution in [0.25, 0.3) is 6.08 Å². The molecule has 0 radical (unpaired) electrons. The number of thiazole rings is 1. The van der Waals surface area contributed by atoms with Crippen molar-refractivity contribution in [2.75, 3.05) is 5.32 Å². The number of aryl methyl sites for hydroxylation is 2.